The number of carbonyl (C=O) groups is 2. The van der Waals surface area contributed by atoms with Crippen LogP contribution in [0.1, 0.15) is 37.7 Å². The highest BCUT2D eigenvalue weighted by atomic mass is 16.5. The molecule has 5 heteroatoms. The second-order valence-corrected chi connectivity index (χ2v) is 6.16. The molecular weight excluding hydrogens is 282 g/mol. The first kappa shape index (κ1) is 14.9. The van der Waals surface area contributed by atoms with Crippen LogP contribution in [0.4, 0.5) is 5.69 Å². The van der Waals surface area contributed by atoms with Crippen molar-refractivity contribution in [1.29, 1.82) is 0 Å². The van der Waals surface area contributed by atoms with E-state index in [0.717, 1.165) is 49.3 Å². The van der Waals surface area contributed by atoms with Gasteiger partial charge in [-0.05, 0) is 55.9 Å². The number of carbonyl (C=O) groups excluding carboxylic acids is 1. The van der Waals surface area contributed by atoms with E-state index in [-0.39, 0.29) is 17.7 Å². The van der Waals surface area contributed by atoms with Crippen LogP contribution in [0.25, 0.3) is 0 Å². The Kier molecular flexibility index (Phi) is 4.32. The predicted octanol–water partition coefficient (Wildman–Crippen LogP) is 2.84. The summed E-state index contributed by atoms with van der Waals surface area (Å²) in [6.45, 7) is 0.747. The smallest absolute Gasteiger partial charge is 0.306 e. The van der Waals surface area contributed by atoms with Gasteiger partial charge in [-0.15, -0.1) is 0 Å². The minimum absolute atomic E-state index is 0.0670. The SMILES string of the molecule is O=C(O)C1CCCC(C(=O)Nc2ccc3c(c2)CCCO3)C1. The van der Waals surface area contributed by atoms with E-state index < -0.39 is 5.97 Å². The average Bonchev–Trinajstić information content (AvgIpc) is 2.55. The number of hydrogen-bond donors (Lipinski definition) is 2. The molecule has 22 heavy (non-hydrogen) atoms. The van der Waals surface area contributed by atoms with E-state index in [2.05, 4.69) is 5.32 Å². The van der Waals surface area contributed by atoms with E-state index in [1.165, 1.54) is 0 Å². The van der Waals surface area contributed by atoms with E-state index in [1.807, 2.05) is 18.2 Å². The fourth-order valence-corrected chi connectivity index (χ4v) is 3.33. The molecule has 2 atom stereocenters. The Labute approximate surface area is 129 Å². The lowest BCUT2D eigenvalue weighted by Gasteiger charge is -2.26. The molecule has 3 rings (SSSR count). The van der Waals surface area contributed by atoms with E-state index in [9.17, 15) is 9.59 Å². The summed E-state index contributed by atoms with van der Waals surface area (Å²) in [6, 6.07) is 5.70. The summed E-state index contributed by atoms with van der Waals surface area (Å²) in [7, 11) is 0. The minimum atomic E-state index is -0.788. The van der Waals surface area contributed by atoms with Gasteiger partial charge in [0.25, 0.3) is 0 Å². The largest absolute Gasteiger partial charge is 0.493 e. The Morgan fingerprint density at radius 1 is 1.18 bits per heavy atom. The number of fused-ring (bicyclic) bond motifs is 1. The quantitative estimate of drug-likeness (QED) is 0.900. The molecule has 0 spiro atoms. The Balaban J connectivity index is 1.65. The second kappa shape index (κ2) is 6.38. The topological polar surface area (TPSA) is 75.6 Å². The number of nitrogens with one attached hydrogen (secondary N) is 1. The number of carboxylic acid groups (broad SMARTS) is 1. The zero-order chi connectivity index (χ0) is 15.5. The van der Waals surface area contributed by atoms with Crippen LogP contribution in [0.3, 0.4) is 0 Å². The lowest BCUT2D eigenvalue weighted by Crippen LogP contribution is -2.31. The molecule has 1 saturated carbocycles. The van der Waals surface area contributed by atoms with Crippen LogP contribution in [-0.4, -0.2) is 23.6 Å². The number of hydrogen-bond acceptors (Lipinski definition) is 3. The maximum atomic E-state index is 12.4. The Morgan fingerprint density at radius 3 is 2.82 bits per heavy atom. The number of aryl methyl sites for hydroxylation is 1. The van der Waals surface area contributed by atoms with Crippen LogP contribution in [0.2, 0.25) is 0 Å². The standard InChI is InChI=1S/C17H21NO4/c19-16(12-3-1-4-13(9-12)17(20)21)18-14-6-7-15-11(10-14)5-2-8-22-15/h6-7,10,12-13H,1-5,8-9H2,(H,18,19)(H,20,21). The summed E-state index contributed by atoms with van der Waals surface area (Å²) in [5.74, 6) is -0.553. The van der Waals surface area contributed by atoms with Gasteiger partial charge in [0.05, 0.1) is 12.5 Å². The summed E-state index contributed by atoms with van der Waals surface area (Å²) in [5, 5.41) is 12.0. The minimum Gasteiger partial charge on any atom is -0.493 e. The number of rotatable bonds is 3. The van der Waals surface area contributed by atoms with Crippen molar-refractivity contribution in [3.8, 4) is 5.75 Å². The number of aliphatic carboxylic acids is 1. The normalized spacial score (nSPS) is 24.0. The fraction of sp³-hybridized carbons (Fsp3) is 0.529. The zero-order valence-electron chi connectivity index (χ0n) is 12.5. The van der Waals surface area contributed by atoms with Gasteiger partial charge >= 0.3 is 5.97 Å². The molecule has 0 bridgehead atoms. The van der Waals surface area contributed by atoms with Crippen molar-refractivity contribution in [2.45, 2.75) is 38.5 Å². The van der Waals surface area contributed by atoms with Crippen LogP contribution < -0.4 is 10.1 Å². The monoisotopic (exact) mass is 303 g/mol. The van der Waals surface area contributed by atoms with Crippen molar-refractivity contribution >= 4 is 17.6 Å². The summed E-state index contributed by atoms with van der Waals surface area (Å²) in [6.07, 6.45) is 4.64. The molecule has 1 heterocycles. The first-order chi connectivity index (χ1) is 10.6. The molecule has 0 saturated heterocycles. The zero-order valence-corrected chi connectivity index (χ0v) is 12.5. The van der Waals surface area contributed by atoms with Gasteiger partial charge < -0.3 is 15.2 Å². The number of amides is 1. The molecule has 1 aromatic rings. The number of anilines is 1. The van der Waals surface area contributed by atoms with E-state index in [1.54, 1.807) is 0 Å². The fourth-order valence-electron chi connectivity index (χ4n) is 3.33. The molecule has 5 nitrogen and oxygen atoms in total. The van der Waals surface area contributed by atoms with Crippen molar-refractivity contribution in [2.75, 3.05) is 11.9 Å². The lowest BCUT2D eigenvalue weighted by atomic mass is 9.81. The number of ether oxygens (including phenoxy) is 1. The number of benzene rings is 1. The van der Waals surface area contributed by atoms with Crippen LogP contribution in [0, 0.1) is 11.8 Å². The van der Waals surface area contributed by atoms with Gasteiger partial charge in [-0.3, -0.25) is 9.59 Å². The first-order valence-corrected chi connectivity index (χ1v) is 7.93. The maximum absolute atomic E-state index is 12.4. The molecular formula is C17H21NO4. The van der Waals surface area contributed by atoms with Crippen molar-refractivity contribution < 1.29 is 19.4 Å². The summed E-state index contributed by atoms with van der Waals surface area (Å²) in [5.41, 5.74) is 1.89. The van der Waals surface area contributed by atoms with E-state index in [0.29, 0.717) is 12.8 Å². The maximum Gasteiger partial charge on any atom is 0.306 e. The third kappa shape index (κ3) is 3.24. The van der Waals surface area contributed by atoms with Crippen LogP contribution in [0.5, 0.6) is 5.75 Å². The highest BCUT2D eigenvalue weighted by molar-refractivity contribution is 5.93. The molecule has 1 aliphatic heterocycles. The number of carboxylic acids is 1. The summed E-state index contributed by atoms with van der Waals surface area (Å²) < 4.78 is 5.56. The van der Waals surface area contributed by atoms with Crippen molar-refractivity contribution in [2.24, 2.45) is 11.8 Å². The highest BCUT2D eigenvalue weighted by Gasteiger charge is 2.31. The van der Waals surface area contributed by atoms with E-state index >= 15 is 0 Å². The molecule has 0 radical (unpaired) electrons. The van der Waals surface area contributed by atoms with Gasteiger partial charge in [-0.25, -0.2) is 0 Å². The Hall–Kier alpha value is -2.04. The van der Waals surface area contributed by atoms with E-state index in [4.69, 9.17) is 9.84 Å². The van der Waals surface area contributed by atoms with Crippen LogP contribution >= 0.6 is 0 Å². The van der Waals surface area contributed by atoms with Crippen LogP contribution in [-0.2, 0) is 16.0 Å². The summed E-state index contributed by atoms with van der Waals surface area (Å²) in [4.78, 5) is 23.5. The second-order valence-electron chi connectivity index (χ2n) is 6.16. The molecule has 2 aliphatic rings. The molecule has 118 valence electrons. The molecule has 1 amide bonds. The van der Waals surface area contributed by atoms with Gasteiger partial charge in [-0.1, -0.05) is 6.42 Å². The molecule has 1 aromatic carbocycles. The van der Waals surface area contributed by atoms with Gasteiger partial charge in [0, 0.05) is 11.6 Å². The Bertz CT molecular complexity index is 584. The molecule has 1 aliphatic carbocycles. The van der Waals surface area contributed by atoms with Gasteiger partial charge in [0.2, 0.25) is 5.91 Å². The first-order valence-electron chi connectivity index (χ1n) is 7.93. The van der Waals surface area contributed by atoms with Gasteiger partial charge in [0.1, 0.15) is 5.75 Å². The Morgan fingerprint density at radius 2 is 2.00 bits per heavy atom. The summed E-state index contributed by atoms with van der Waals surface area (Å²) >= 11 is 0. The van der Waals surface area contributed by atoms with Gasteiger partial charge in [0.15, 0.2) is 0 Å². The van der Waals surface area contributed by atoms with Crippen molar-refractivity contribution in [1.82, 2.24) is 0 Å². The van der Waals surface area contributed by atoms with Gasteiger partial charge in [-0.2, -0.15) is 0 Å². The predicted molar refractivity (Wildman–Crippen MR) is 82.0 cm³/mol. The third-order valence-electron chi connectivity index (χ3n) is 4.57. The third-order valence-corrected chi connectivity index (χ3v) is 4.57. The van der Waals surface area contributed by atoms with Crippen molar-refractivity contribution in [3.05, 3.63) is 23.8 Å². The lowest BCUT2D eigenvalue weighted by molar-refractivity contribution is -0.143. The average molecular weight is 303 g/mol. The van der Waals surface area contributed by atoms with Crippen LogP contribution in [0.15, 0.2) is 18.2 Å². The molecule has 1 fully saturated rings. The molecule has 2 N–H and O–H groups in total. The molecule has 2 unspecified atom stereocenters. The molecule has 0 aromatic heterocycles. The highest BCUT2D eigenvalue weighted by Crippen LogP contribution is 2.31. The van der Waals surface area contributed by atoms with Crippen molar-refractivity contribution in [3.63, 3.8) is 0 Å².